The summed E-state index contributed by atoms with van der Waals surface area (Å²) in [6, 6.07) is 0. The Balaban J connectivity index is 2.07. The second-order valence-corrected chi connectivity index (χ2v) is 7.30. The Morgan fingerprint density at radius 3 is 2.75 bits per heavy atom. The van der Waals surface area contributed by atoms with Crippen LogP contribution in [0.15, 0.2) is 10.4 Å². The summed E-state index contributed by atoms with van der Waals surface area (Å²) in [6.07, 6.45) is 0.782. The molecule has 6 nitrogen and oxygen atoms in total. The van der Waals surface area contributed by atoms with Gasteiger partial charge in [-0.3, -0.25) is 14.4 Å². The highest BCUT2D eigenvalue weighted by Crippen LogP contribution is 2.56. The summed E-state index contributed by atoms with van der Waals surface area (Å²) in [4.78, 5) is 35.7. The summed E-state index contributed by atoms with van der Waals surface area (Å²) in [7, 11) is 0. The fraction of sp³-hybridized carbons (Fsp3) is 0.583. The van der Waals surface area contributed by atoms with Crippen molar-refractivity contribution in [1.29, 1.82) is 0 Å². The molecule has 2 aliphatic heterocycles. The molecule has 0 saturated carbocycles. The molecule has 0 radical (unpaired) electrons. The lowest BCUT2D eigenvalue weighted by molar-refractivity contribution is -0.185. The summed E-state index contributed by atoms with van der Waals surface area (Å²) in [5, 5.41) is 18.4. The van der Waals surface area contributed by atoms with Crippen molar-refractivity contribution >= 4 is 41.2 Å². The Morgan fingerprint density at radius 1 is 1.60 bits per heavy atom. The molecule has 3 atom stereocenters. The maximum atomic E-state index is 12.0. The highest BCUT2D eigenvalue weighted by atomic mass is 32.2. The summed E-state index contributed by atoms with van der Waals surface area (Å²) in [5.41, 5.74) is -1.76. The SMILES string of the molecule is CC(=O)CCSC1=CN2C(=O)[C@](C(=O)O)(C(C)O)[C@H]2S1. The highest BCUT2D eigenvalue weighted by Gasteiger charge is 2.70. The van der Waals surface area contributed by atoms with Crippen molar-refractivity contribution < 1.29 is 24.6 Å². The van der Waals surface area contributed by atoms with Crippen LogP contribution in [0.25, 0.3) is 0 Å². The van der Waals surface area contributed by atoms with E-state index in [4.69, 9.17) is 0 Å². The van der Waals surface area contributed by atoms with E-state index < -0.39 is 28.8 Å². The van der Waals surface area contributed by atoms with Crippen LogP contribution in [-0.4, -0.2) is 50.0 Å². The van der Waals surface area contributed by atoms with Crippen molar-refractivity contribution in [2.24, 2.45) is 5.41 Å². The minimum absolute atomic E-state index is 0.0873. The zero-order valence-corrected chi connectivity index (χ0v) is 12.7. The van der Waals surface area contributed by atoms with Gasteiger partial charge in [0.1, 0.15) is 11.2 Å². The van der Waals surface area contributed by atoms with Gasteiger partial charge in [0.15, 0.2) is 0 Å². The van der Waals surface area contributed by atoms with Crippen molar-refractivity contribution in [3.05, 3.63) is 10.4 Å². The number of β-lactam (4-membered cyclic amide) rings is 1. The van der Waals surface area contributed by atoms with E-state index in [0.29, 0.717) is 12.2 Å². The topological polar surface area (TPSA) is 94.9 Å². The first kappa shape index (κ1) is 15.4. The molecule has 1 fully saturated rings. The molecule has 2 heterocycles. The van der Waals surface area contributed by atoms with E-state index in [0.717, 1.165) is 4.24 Å². The number of aliphatic hydroxyl groups is 1. The predicted molar refractivity (Wildman–Crippen MR) is 75.8 cm³/mol. The van der Waals surface area contributed by atoms with Gasteiger partial charge in [0.05, 0.1) is 10.3 Å². The number of carbonyl (C=O) groups excluding carboxylic acids is 2. The molecule has 110 valence electrons. The number of carboxylic acids is 1. The third kappa shape index (κ3) is 2.15. The number of thioether (sulfide) groups is 2. The van der Waals surface area contributed by atoms with E-state index in [-0.39, 0.29) is 5.78 Å². The van der Waals surface area contributed by atoms with E-state index in [1.165, 1.54) is 42.3 Å². The lowest BCUT2D eigenvalue weighted by Gasteiger charge is -2.49. The quantitative estimate of drug-likeness (QED) is 0.554. The van der Waals surface area contributed by atoms with E-state index in [1.807, 2.05) is 0 Å². The Bertz CT molecular complexity index is 504. The van der Waals surface area contributed by atoms with Gasteiger partial charge >= 0.3 is 5.97 Å². The largest absolute Gasteiger partial charge is 0.480 e. The molecule has 0 aromatic carbocycles. The zero-order valence-electron chi connectivity index (χ0n) is 11.0. The number of hydrogen-bond donors (Lipinski definition) is 2. The van der Waals surface area contributed by atoms with Crippen LogP contribution < -0.4 is 0 Å². The maximum Gasteiger partial charge on any atom is 0.325 e. The number of ketones is 1. The first-order chi connectivity index (χ1) is 9.31. The van der Waals surface area contributed by atoms with Gasteiger partial charge < -0.3 is 15.1 Å². The van der Waals surface area contributed by atoms with Crippen LogP contribution in [0.4, 0.5) is 0 Å². The van der Waals surface area contributed by atoms with Crippen molar-refractivity contribution in [3.8, 4) is 0 Å². The van der Waals surface area contributed by atoms with Crippen molar-refractivity contribution in [2.75, 3.05) is 5.75 Å². The third-order valence-corrected chi connectivity index (χ3v) is 6.01. The molecule has 20 heavy (non-hydrogen) atoms. The van der Waals surface area contributed by atoms with Crippen LogP contribution in [0.1, 0.15) is 20.3 Å². The Hall–Kier alpha value is -0.990. The number of aliphatic carboxylic acids is 1. The fourth-order valence-electron chi connectivity index (χ4n) is 2.24. The average Bonchev–Trinajstić information content (AvgIpc) is 2.68. The molecular formula is C12H15NO5S2. The van der Waals surface area contributed by atoms with Crippen LogP contribution in [0, 0.1) is 5.41 Å². The molecule has 0 spiro atoms. The molecule has 1 saturated heterocycles. The van der Waals surface area contributed by atoms with Gasteiger partial charge in [-0.1, -0.05) is 11.8 Å². The standard InChI is InChI=1S/C12H15NO5S2/c1-6(14)3-4-19-8-5-13-9(16)12(7(2)15,11(17)18)10(13)20-8/h5,7,10,15H,3-4H2,1-2H3,(H,17,18)/t7?,10-,12-/m1/s1. The van der Waals surface area contributed by atoms with Crippen LogP contribution in [0.2, 0.25) is 0 Å². The van der Waals surface area contributed by atoms with Gasteiger partial charge in [-0.15, -0.1) is 11.8 Å². The zero-order chi connectivity index (χ0) is 15.1. The highest BCUT2D eigenvalue weighted by molar-refractivity contribution is 8.22. The summed E-state index contributed by atoms with van der Waals surface area (Å²) < 4.78 is 0.799. The predicted octanol–water partition coefficient (Wildman–Crippen LogP) is 0.864. The molecular weight excluding hydrogens is 302 g/mol. The summed E-state index contributed by atoms with van der Waals surface area (Å²) in [5.74, 6) is -1.20. The fourth-order valence-corrected chi connectivity index (χ4v) is 5.06. The Labute approximate surface area is 124 Å². The number of rotatable bonds is 6. The number of amides is 1. The molecule has 0 aliphatic carbocycles. The second kappa shape index (κ2) is 5.42. The van der Waals surface area contributed by atoms with Gasteiger partial charge in [-0.25, -0.2) is 0 Å². The normalized spacial score (nSPS) is 29.6. The molecule has 1 amide bonds. The number of nitrogens with zero attached hydrogens (tertiary/aromatic N) is 1. The number of carbonyl (C=O) groups is 3. The van der Waals surface area contributed by atoms with E-state index in [9.17, 15) is 24.6 Å². The molecule has 1 unspecified atom stereocenters. The second-order valence-electron chi connectivity index (χ2n) is 4.78. The average molecular weight is 317 g/mol. The minimum Gasteiger partial charge on any atom is -0.480 e. The van der Waals surface area contributed by atoms with Gasteiger partial charge in [0.25, 0.3) is 5.91 Å². The molecule has 8 heteroatoms. The molecule has 0 aromatic rings. The Kier molecular flexibility index (Phi) is 4.17. The van der Waals surface area contributed by atoms with E-state index in [1.54, 1.807) is 6.20 Å². The van der Waals surface area contributed by atoms with Gasteiger partial charge in [0, 0.05) is 18.4 Å². The maximum absolute atomic E-state index is 12.0. The minimum atomic E-state index is -1.76. The molecule has 0 bridgehead atoms. The van der Waals surface area contributed by atoms with Crippen molar-refractivity contribution in [3.63, 3.8) is 0 Å². The van der Waals surface area contributed by atoms with Crippen LogP contribution >= 0.6 is 23.5 Å². The van der Waals surface area contributed by atoms with Gasteiger partial charge in [-0.2, -0.15) is 0 Å². The smallest absolute Gasteiger partial charge is 0.325 e. The first-order valence-corrected chi connectivity index (χ1v) is 7.93. The number of fused-ring (bicyclic) bond motifs is 1. The Morgan fingerprint density at radius 2 is 2.25 bits per heavy atom. The number of aliphatic hydroxyl groups excluding tert-OH is 1. The van der Waals surface area contributed by atoms with E-state index in [2.05, 4.69) is 0 Å². The third-order valence-electron chi connectivity index (χ3n) is 3.41. The number of hydrogen-bond acceptors (Lipinski definition) is 6. The molecule has 2 rings (SSSR count). The lowest BCUT2D eigenvalue weighted by atomic mass is 9.74. The summed E-state index contributed by atoms with van der Waals surface area (Å²) in [6.45, 7) is 2.83. The molecule has 2 N–H and O–H groups in total. The van der Waals surface area contributed by atoms with Crippen molar-refractivity contribution in [2.45, 2.75) is 31.7 Å². The first-order valence-electron chi connectivity index (χ1n) is 6.06. The van der Waals surface area contributed by atoms with E-state index >= 15 is 0 Å². The molecule has 0 aromatic heterocycles. The number of Topliss-reactive ketones (excluding diaryl/α,β-unsaturated/α-hetero) is 1. The van der Waals surface area contributed by atoms with Gasteiger partial charge in [-0.05, 0) is 13.8 Å². The van der Waals surface area contributed by atoms with Gasteiger partial charge in [0.2, 0.25) is 5.41 Å². The van der Waals surface area contributed by atoms with Crippen molar-refractivity contribution in [1.82, 2.24) is 4.90 Å². The van der Waals surface area contributed by atoms with Crippen LogP contribution in [0.5, 0.6) is 0 Å². The monoisotopic (exact) mass is 317 g/mol. The summed E-state index contributed by atoms with van der Waals surface area (Å²) >= 11 is 2.68. The van der Waals surface area contributed by atoms with Crippen LogP contribution in [0.3, 0.4) is 0 Å². The molecule has 2 aliphatic rings. The lowest BCUT2D eigenvalue weighted by Crippen LogP contribution is -2.71. The van der Waals surface area contributed by atoms with Crippen LogP contribution in [-0.2, 0) is 14.4 Å². The number of carboxylic acid groups (broad SMARTS) is 1.